The third-order valence-corrected chi connectivity index (χ3v) is 4.57. The first-order valence-corrected chi connectivity index (χ1v) is 7.21. The summed E-state index contributed by atoms with van der Waals surface area (Å²) in [6, 6.07) is 3.78. The molecule has 0 aromatic heterocycles. The van der Waals surface area contributed by atoms with Gasteiger partial charge in [-0.1, -0.05) is 11.6 Å². The Morgan fingerprint density at radius 2 is 2.06 bits per heavy atom. The first-order valence-electron chi connectivity index (χ1n) is 5.01. The van der Waals surface area contributed by atoms with Crippen LogP contribution in [0.25, 0.3) is 0 Å². The highest BCUT2D eigenvalue weighted by Gasteiger charge is 2.36. The summed E-state index contributed by atoms with van der Waals surface area (Å²) >= 11 is 5.76. The molecule has 1 heterocycles. The standard InChI is InChI=1S/C10H12ClNO4S/c11-6-1-2-9(13)7(3-6)12-8-4-17(15,16)5-10(8)14/h1-3,8,10,12-14H,4-5H2/t8-,10-/m1/s1. The van der Waals surface area contributed by atoms with Gasteiger partial charge >= 0.3 is 0 Å². The fourth-order valence-electron chi connectivity index (χ4n) is 1.79. The molecule has 1 aromatic carbocycles. The van der Waals surface area contributed by atoms with Gasteiger partial charge in [0.15, 0.2) is 9.84 Å². The maximum Gasteiger partial charge on any atom is 0.155 e. The summed E-state index contributed by atoms with van der Waals surface area (Å²) in [6.45, 7) is 0. The molecule has 7 heteroatoms. The van der Waals surface area contributed by atoms with Crippen LogP contribution in [0, 0.1) is 0 Å². The maximum atomic E-state index is 11.3. The van der Waals surface area contributed by atoms with Crippen LogP contribution in [0.2, 0.25) is 5.02 Å². The van der Waals surface area contributed by atoms with Crippen molar-refractivity contribution in [2.75, 3.05) is 16.8 Å². The number of aliphatic hydroxyl groups is 1. The first-order chi connectivity index (χ1) is 7.87. The van der Waals surface area contributed by atoms with E-state index in [2.05, 4.69) is 5.32 Å². The van der Waals surface area contributed by atoms with E-state index in [4.69, 9.17) is 11.6 Å². The van der Waals surface area contributed by atoms with E-state index in [1.165, 1.54) is 18.2 Å². The van der Waals surface area contributed by atoms with Gasteiger partial charge in [-0.2, -0.15) is 0 Å². The van der Waals surface area contributed by atoms with Gasteiger partial charge in [0.1, 0.15) is 5.75 Å². The Balaban J connectivity index is 2.19. The molecule has 17 heavy (non-hydrogen) atoms. The average molecular weight is 278 g/mol. The number of aliphatic hydroxyl groups excluding tert-OH is 1. The van der Waals surface area contributed by atoms with Gasteiger partial charge in [0.2, 0.25) is 0 Å². The first kappa shape index (κ1) is 12.5. The molecular weight excluding hydrogens is 266 g/mol. The molecule has 0 spiro atoms. The number of rotatable bonds is 2. The zero-order chi connectivity index (χ0) is 12.6. The van der Waals surface area contributed by atoms with Gasteiger partial charge in [-0.15, -0.1) is 0 Å². The third-order valence-electron chi connectivity index (χ3n) is 2.62. The molecule has 0 aliphatic carbocycles. The summed E-state index contributed by atoms with van der Waals surface area (Å²) in [5, 5.41) is 22.4. The highest BCUT2D eigenvalue weighted by molar-refractivity contribution is 7.91. The summed E-state index contributed by atoms with van der Waals surface area (Å²) in [6.07, 6.45) is -0.974. The van der Waals surface area contributed by atoms with Crippen molar-refractivity contribution in [2.24, 2.45) is 0 Å². The predicted molar refractivity (Wildman–Crippen MR) is 65.2 cm³/mol. The van der Waals surface area contributed by atoms with Gasteiger partial charge in [-0.3, -0.25) is 0 Å². The Bertz CT molecular complexity index is 531. The van der Waals surface area contributed by atoms with Crippen molar-refractivity contribution in [3.8, 4) is 5.75 Å². The lowest BCUT2D eigenvalue weighted by atomic mass is 10.2. The van der Waals surface area contributed by atoms with Gasteiger partial charge in [0, 0.05) is 5.02 Å². The van der Waals surface area contributed by atoms with Crippen molar-refractivity contribution >= 4 is 27.1 Å². The zero-order valence-corrected chi connectivity index (χ0v) is 10.4. The largest absolute Gasteiger partial charge is 0.506 e. The van der Waals surface area contributed by atoms with E-state index in [9.17, 15) is 18.6 Å². The van der Waals surface area contributed by atoms with Crippen molar-refractivity contribution < 1.29 is 18.6 Å². The van der Waals surface area contributed by atoms with Crippen molar-refractivity contribution in [2.45, 2.75) is 12.1 Å². The van der Waals surface area contributed by atoms with E-state index >= 15 is 0 Å². The van der Waals surface area contributed by atoms with Crippen molar-refractivity contribution in [3.63, 3.8) is 0 Å². The van der Waals surface area contributed by atoms with Crippen LogP contribution in [-0.2, 0) is 9.84 Å². The normalized spacial score (nSPS) is 26.9. The molecule has 0 unspecified atom stereocenters. The minimum Gasteiger partial charge on any atom is -0.506 e. The third kappa shape index (κ3) is 2.83. The van der Waals surface area contributed by atoms with Crippen LogP contribution in [-0.4, -0.2) is 42.3 Å². The number of halogens is 1. The second-order valence-corrected chi connectivity index (χ2v) is 6.65. The van der Waals surface area contributed by atoms with Gasteiger partial charge in [-0.25, -0.2) is 8.42 Å². The molecule has 0 radical (unpaired) electrons. The highest BCUT2D eigenvalue weighted by atomic mass is 35.5. The van der Waals surface area contributed by atoms with Crippen LogP contribution in [0.3, 0.4) is 0 Å². The molecule has 0 saturated carbocycles. The molecule has 2 rings (SSSR count). The van der Waals surface area contributed by atoms with Gasteiger partial charge < -0.3 is 15.5 Å². The van der Waals surface area contributed by atoms with Crippen LogP contribution >= 0.6 is 11.6 Å². The number of phenols is 1. The molecule has 1 aromatic rings. The average Bonchev–Trinajstić information content (AvgIpc) is 2.46. The quantitative estimate of drug-likeness (QED) is 0.690. The smallest absolute Gasteiger partial charge is 0.155 e. The van der Waals surface area contributed by atoms with Crippen LogP contribution in [0.1, 0.15) is 0 Å². The van der Waals surface area contributed by atoms with Crippen molar-refractivity contribution in [1.82, 2.24) is 0 Å². The van der Waals surface area contributed by atoms with Crippen molar-refractivity contribution in [3.05, 3.63) is 23.2 Å². The van der Waals surface area contributed by atoms with Crippen molar-refractivity contribution in [1.29, 1.82) is 0 Å². The summed E-state index contributed by atoms with van der Waals surface area (Å²) in [4.78, 5) is 0. The number of hydrogen-bond donors (Lipinski definition) is 3. The summed E-state index contributed by atoms with van der Waals surface area (Å²) in [5.74, 6) is -0.447. The van der Waals surface area contributed by atoms with E-state index in [-0.39, 0.29) is 17.3 Å². The molecule has 94 valence electrons. The Labute approximate surface area is 104 Å². The lowest BCUT2D eigenvalue weighted by molar-refractivity contribution is 0.190. The number of hydrogen-bond acceptors (Lipinski definition) is 5. The molecule has 2 atom stereocenters. The van der Waals surface area contributed by atoms with E-state index in [0.29, 0.717) is 10.7 Å². The van der Waals surface area contributed by atoms with Crippen LogP contribution in [0.15, 0.2) is 18.2 Å². The van der Waals surface area contributed by atoms with Gasteiger partial charge in [0.25, 0.3) is 0 Å². The van der Waals surface area contributed by atoms with Crippen LogP contribution < -0.4 is 5.32 Å². The molecule has 3 N–H and O–H groups in total. The molecule has 0 amide bonds. The van der Waals surface area contributed by atoms with E-state index in [1.54, 1.807) is 0 Å². The van der Waals surface area contributed by atoms with Crippen LogP contribution in [0.4, 0.5) is 5.69 Å². The topological polar surface area (TPSA) is 86.6 Å². The molecule has 1 aliphatic heterocycles. The number of anilines is 1. The van der Waals surface area contributed by atoms with Crippen LogP contribution in [0.5, 0.6) is 5.75 Å². The number of sulfone groups is 1. The lowest BCUT2D eigenvalue weighted by Crippen LogP contribution is -2.31. The number of benzene rings is 1. The molecule has 1 fully saturated rings. The monoisotopic (exact) mass is 277 g/mol. The predicted octanol–water partition coefficient (Wildman–Crippen LogP) is 0.615. The molecular formula is C10H12ClNO4S. The summed E-state index contributed by atoms with van der Waals surface area (Å²) in [5.41, 5.74) is 0.318. The minimum atomic E-state index is -3.21. The summed E-state index contributed by atoms with van der Waals surface area (Å²) in [7, 11) is -3.21. The Morgan fingerprint density at radius 1 is 1.35 bits per heavy atom. The number of aromatic hydroxyl groups is 1. The van der Waals surface area contributed by atoms with Gasteiger partial charge in [0.05, 0.1) is 29.3 Å². The molecule has 1 saturated heterocycles. The number of nitrogens with one attached hydrogen (secondary N) is 1. The zero-order valence-electron chi connectivity index (χ0n) is 8.80. The highest BCUT2D eigenvalue weighted by Crippen LogP contribution is 2.28. The Kier molecular flexibility index (Phi) is 3.20. The lowest BCUT2D eigenvalue weighted by Gasteiger charge is -2.17. The second-order valence-electron chi connectivity index (χ2n) is 4.06. The second kappa shape index (κ2) is 4.36. The molecule has 1 aliphatic rings. The Morgan fingerprint density at radius 3 is 2.65 bits per heavy atom. The van der Waals surface area contributed by atoms with E-state index in [1.807, 2.05) is 0 Å². The SMILES string of the molecule is O=S1(=O)C[C@@H](O)[C@H](Nc2cc(Cl)ccc2O)C1. The fraction of sp³-hybridized carbons (Fsp3) is 0.400. The minimum absolute atomic E-state index is 0.0362. The molecule has 5 nitrogen and oxygen atoms in total. The fourth-order valence-corrected chi connectivity index (χ4v) is 3.70. The number of phenolic OH excluding ortho intramolecular Hbond substituents is 1. The summed E-state index contributed by atoms with van der Waals surface area (Å²) < 4.78 is 22.6. The Hall–Kier alpha value is -0.980. The van der Waals surface area contributed by atoms with E-state index in [0.717, 1.165) is 0 Å². The molecule has 0 bridgehead atoms. The van der Waals surface area contributed by atoms with E-state index < -0.39 is 22.0 Å². The maximum absolute atomic E-state index is 11.3. The van der Waals surface area contributed by atoms with Gasteiger partial charge in [-0.05, 0) is 18.2 Å².